The van der Waals surface area contributed by atoms with Crippen molar-refractivity contribution in [1.29, 1.82) is 0 Å². The van der Waals surface area contributed by atoms with Gasteiger partial charge in [0.2, 0.25) is 12.4 Å². The molecule has 2 unspecified atom stereocenters. The quantitative estimate of drug-likeness (QED) is 0.440. The maximum absolute atomic E-state index is 10.2. The Kier molecular flexibility index (Phi) is 11.3. The number of rotatable bonds is 9. The Labute approximate surface area is 180 Å². The van der Waals surface area contributed by atoms with Crippen molar-refractivity contribution in [2.75, 3.05) is 37.0 Å². The smallest absolute Gasteiger partial charge is 0.224 e. The predicted molar refractivity (Wildman–Crippen MR) is 117 cm³/mol. The van der Waals surface area contributed by atoms with E-state index in [0.29, 0.717) is 28.2 Å². The number of aromatic nitrogens is 2. The number of carbonyl (C=O) groups is 1. The van der Waals surface area contributed by atoms with Gasteiger partial charge in [-0.3, -0.25) is 4.79 Å². The van der Waals surface area contributed by atoms with E-state index in [4.69, 9.17) is 33.4 Å². The third-order valence-corrected chi connectivity index (χ3v) is 4.42. The molecule has 2 rings (SSSR count). The summed E-state index contributed by atoms with van der Waals surface area (Å²) in [7, 11) is 1.91. The van der Waals surface area contributed by atoms with Gasteiger partial charge in [-0.15, -0.1) is 0 Å². The van der Waals surface area contributed by atoms with Crippen LogP contribution in [0.2, 0.25) is 10.0 Å². The molecule has 1 aromatic heterocycles. The summed E-state index contributed by atoms with van der Waals surface area (Å²) in [4.78, 5) is 20.4. The van der Waals surface area contributed by atoms with Gasteiger partial charge in [0, 0.05) is 24.7 Å². The van der Waals surface area contributed by atoms with Crippen molar-refractivity contribution < 1.29 is 15.0 Å². The molecular weight excluding hydrogens is 417 g/mol. The van der Waals surface area contributed by atoms with E-state index in [2.05, 4.69) is 20.6 Å². The van der Waals surface area contributed by atoms with Crippen LogP contribution in [0, 0.1) is 0 Å². The summed E-state index contributed by atoms with van der Waals surface area (Å²) in [6.45, 7) is 4.57. The lowest BCUT2D eigenvalue weighted by atomic mass is 10.1. The van der Waals surface area contributed by atoms with Crippen LogP contribution in [0.1, 0.15) is 25.5 Å². The minimum absolute atomic E-state index is 0.0327. The van der Waals surface area contributed by atoms with Crippen molar-refractivity contribution in [3.63, 3.8) is 0 Å². The summed E-state index contributed by atoms with van der Waals surface area (Å²) < 4.78 is 0. The second-order valence-electron chi connectivity index (χ2n) is 6.18. The molecule has 160 valence electrons. The van der Waals surface area contributed by atoms with Crippen molar-refractivity contribution in [3.05, 3.63) is 46.1 Å². The number of carbonyl (C=O) groups excluding carboxylic acids is 1. The van der Waals surface area contributed by atoms with E-state index in [1.54, 1.807) is 30.5 Å². The molecule has 0 spiro atoms. The molecular formula is C19H27Cl2N5O3. The number of aliphatic hydroxyl groups excluding tert-OH is 2. The zero-order chi connectivity index (χ0) is 21.8. The minimum Gasteiger partial charge on any atom is -0.394 e. The molecule has 0 radical (unpaired) electrons. The zero-order valence-corrected chi connectivity index (χ0v) is 18.2. The average Bonchev–Trinajstić information content (AvgIpc) is 2.73. The Morgan fingerprint density at radius 1 is 1.28 bits per heavy atom. The Morgan fingerprint density at radius 2 is 2.00 bits per heavy atom. The van der Waals surface area contributed by atoms with E-state index in [9.17, 15) is 4.79 Å². The van der Waals surface area contributed by atoms with Crippen LogP contribution in [-0.2, 0) is 4.79 Å². The summed E-state index contributed by atoms with van der Waals surface area (Å²) in [6, 6.07) is 6.55. The Morgan fingerprint density at radius 3 is 2.55 bits per heavy atom. The van der Waals surface area contributed by atoms with Gasteiger partial charge in [0.1, 0.15) is 5.02 Å². The number of nitrogens with one attached hydrogen (secondary N) is 2. The summed E-state index contributed by atoms with van der Waals surface area (Å²) in [5.41, 5.74) is 0.794. The van der Waals surface area contributed by atoms with E-state index in [1.165, 1.54) is 0 Å². The highest BCUT2D eigenvalue weighted by Gasteiger charge is 2.10. The second kappa shape index (κ2) is 13.2. The highest BCUT2D eigenvalue weighted by atomic mass is 35.5. The number of amides is 1. The molecule has 0 saturated heterocycles. The lowest BCUT2D eigenvalue weighted by Gasteiger charge is -2.18. The number of halogens is 2. The maximum atomic E-state index is 10.2. The summed E-state index contributed by atoms with van der Waals surface area (Å²) in [5, 5.41) is 24.4. The summed E-state index contributed by atoms with van der Waals surface area (Å²) >= 11 is 11.7. The van der Waals surface area contributed by atoms with Crippen LogP contribution in [-0.4, -0.2) is 59.4 Å². The first-order valence-electron chi connectivity index (χ1n) is 9.03. The highest BCUT2D eigenvalue weighted by Crippen LogP contribution is 2.22. The molecule has 1 amide bonds. The van der Waals surface area contributed by atoms with Crippen LogP contribution in [0.4, 0.5) is 11.8 Å². The van der Waals surface area contributed by atoms with Gasteiger partial charge in [-0.2, -0.15) is 4.98 Å². The second-order valence-corrected chi connectivity index (χ2v) is 7.03. The van der Waals surface area contributed by atoms with Crippen molar-refractivity contribution in [1.82, 2.24) is 15.3 Å². The molecule has 0 aliphatic rings. The lowest BCUT2D eigenvalue weighted by molar-refractivity contribution is -0.110. The molecule has 0 aliphatic heterocycles. The van der Waals surface area contributed by atoms with Gasteiger partial charge < -0.3 is 25.7 Å². The van der Waals surface area contributed by atoms with Gasteiger partial charge in [-0.1, -0.05) is 35.3 Å². The van der Waals surface area contributed by atoms with Gasteiger partial charge >= 0.3 is 0 Å². The molecule has 4 N–H and O–H groups in total. The number of nitrogens with zero attached hydrogens (tertiary/aromatic N) is 3. The number of benzene rings is 1. The van der Waals surface area contributed by atoms with Gasteiger partial charge in [0.15, 0.2) is 5.82 Å². The normalized spacial score (nSPS) is 12.2. The average molecular weight is 444 g/mol. The third kappa shape index (κ3) is 8.41. The van der Waals surface area contributed by atoms with Crippen LogP contribution < -0.4 is 15.5 Å². The fourth-order valence-corrected chi connectivity index (χ4v) is 2.61. The molecule has 1 aromatic carbocycles. The van der Waals surface area contributed by atoms with E-state index in [-0.39, 0.29) is 25.3 Å². The zero-order valence-electron chi connectivity index (χ0n) is 16.6. The monoisotopic (exact) mass is 443 g/mol. The third-order valence-electron chi connectivity index (χ3n) is 3.91. The summed E-state index contributed by atoms with van der Waals surface area (Å²) in [6.07, 6.45) is 2.12. The van der Waals surface area contributed by atoms with Crippen LogP contribution in [0.25, 0.3) is 0 Å². The molecule has 2 aromatic rings. The molecule has 1 heterocycles. The van der Waals surface area contributed by atoms with Gasteiger partial charge in [-0.25, -0.2) is 4.98 Å². The first-order chi connectivity index (χ1) is 13.9. The first kappa shape index (κ1) is 24.9. The van der Waals surface area contributed by atoms with Crippen LogP contribution in [0.3, 0.4) is 0 Å². The first-order valence-corrected chi connectivity index (χ1v) is 9.78. The minimum atomic E-state index is -0.379. The van der Waals surface area contributed by atoms with Crippen LogP contribution in [0.5, 0.6) is 0 Å². The Hall–Kier alpha value is -2.13. The lowest BCUT2D eigenvalue weighted by Crippen LogP contribution is -2.23. The van der Waals surface area contributed by atoms with E-state index in [1.807, 2.05) is 25.8 Å². The van der Waals surface area contributed by atoms with Crippen LogP contribution in [0.15, 0.2) is 30.5 Å². The van der Waals surface area contributed by atoms with Gasteiger partial charge in [0.05, 0.1) is 25.5 Å². The van der Waals surface area contributed by atoms with Crippen molar-refractivity contribution in [2.45, 2.75) is 25.9 Å². The SMILES string of the molecule is CCN(C)c1nc(NC(C)CO)ncc1Cl.O=CNC(CO)c1cccc(Cl)c1. The molecule has 2 atom stereocenters. The molecule has 0 bridgehead atoms. The maximum Gasteiger partial charge on any atom is 0.224 e. The predicted octanol–water partition coefficient (Wildman–Crippen LogP) is 2.50. The van der Waals surface area contributed by atoms with Crippen molar-refractivity contribution in [3.8, 4) is 0 Å². The highest BCUT2D eigenvalue weighted by molar-refractivity contribution is 6.32. The number of anilines is 2. The van der Waals surface area contributed by atoms with Crippen molar-refractivity contribution >= 4 is 41.4 Å². The molecule has 0 saturated carbocycles. The largest absolute Gasteiger partial charge is 0.394 e. The van der Waals surface area contributed by atoms with E-state index < -0.39 is 0 Å². The number of hydrogen-bond acceptors (Lipinski definition) is 7. The fraction of sp³-hybridized carbons (Fsp3) is 0.421. The van der Waals surface area contributed by atoms with Crippen molar-refractivity contribution in [2.24, 2.45) is 0 Å². The Bertz CT molecular complexity index is 766. The standard InChI is InChI=1S/C10H17ClN4O.C9H10ClNO2/c1-4-15(3)9-8(11)5-12-10(14-9)13-7(2)6-16;10-8-3-1-2-7(4-8)9(5-12)11-6-13/h5,7,16H,4,6H2,1-3H3,(H,12,13,14);1-4,6,9,12H,5H2,(H,11,13). The molecule has 29 heavy (non-hydrogen) atoms. The van der Waals surface area contributed by atoms with E-state index in [0.717, 1.165) is 12.1 Å². The van der Waals surface area contributed by atoms with Crippen LogP contribution >= 0.6 is 23.2 Å². The van der Waals surface area contributed by atoms with Gasteiger partial charge in [0.25, 0.3) is 0 Å². The van der Waals surface area contributed by atoms with E-state index >= 15 is 0 Å². The number of aliphatic hydroxyl groups is 2. The molecule has 8 nitrogen and oxygen atoms in total. The number of hydrogen-bond donors (Lipinski definition) is 4. The fourth-order valence-electron chi connectivity index (χ4n) is 2.17. The topological polar surface area (TPSA) is 111 Å². The molecule has 0 aliphatic carbocycles. The molecule has 0 fully saturated rings. The summed E-state index contributed by atoms with van der Waals surface area (Å²) in [5.74, 6) is 1.16. The molecule has 10 heteroatoms. The Balaban J connectivity index is 0.000000296. The van der Waals surface area contributed by atoms with Gasteiger partial charge in [-0.05, 0) is 31.5 Å².